The van der Waals surface area contributed by atoms with E-state index in [4.69, 9.17) is 0 Å². The lowest BCUT2D eigenvalue weighted by Crippen LogP contribution is -2.26. The fraction of sp³-hybridized carbons (Fsp3) is 0.227. The van der Waals surface area contributed by atoms with Crippen LogP contribution in [0.4, 0.5) is 17.3 Å². The van der Waals surface area contributed by atoms with Crippen molar-refractivity contribution >= 4 is 23.2 Å². The van der Waals surface area contributed by atoms with Gasteiger partial charge in [0.2, 0.25) is 5.95 Å². The van der Waals surface area contributed by atoms with E-state index in [0.29, 0.717) is 11.6 Å². The summed E-state index contributed by atoms with van der Waals surface area (Å²) in [6.07, 6.45) is 2.59. The summed E-state index contributed by atoms with van der Waals surface area (Å²) in [5, 5.41) is 2.94. The molecule has 1 N–H and O–H groups in total. The Labute approximate surface area is 159 Å². The number of rotatable bonds is 3. The first kappa shape index (κ1) is 17.2. The lowest BCUT2D eigenvalue weighted by molar-refractivity contribution is 0.102. The molecule has 0 saturated carbocycles. The van der Waals surface area contributed by atoms with Gasteiger partial charge in [-0.25, -0.2) is 9.97 Å². The third-order valence-electron chi connectivity index (χ3n) is 4.78. The van der Waals surface area contributed by atoms with Crippen LogP contribution in [0.25, 0.3) is 0 Å². The van der Waals surface area contributed by atoms with Crippen LogP contribution in [0.2, 0.25) is 0 Å². The first-order valence-corrected chi connectivity index (χ1v) is 9.11. The summed E-state index contributed by atoms with van der Waals surface area (Å²) in [6, 6.07) is 16.1. The maximum absolute atomic E-state index is 12.7. The van der Waals surface area contributed by atoms with E-state index in [1.54, 1.807) is 12.3 Å². The van der Waals surface area contributed by atoms with E-state index in [1.165, 1.54) is 5.56 Å². The molecule has 1 aliphatic heterocycles. The van der Waals surface area contributed by atoms with E-state index in [1.807, 2.05) is 38.1 Å². The molecule has 5 nitrogen and oxygen atoms in total. The smallest absolute Gasteiger partial charge is 0.274 e. The molecule has 0 bridgehead atoms. The summed E-state index contributed by atoms with van der Waals surface area (Å²) >= 11 is 0. The highest BCUT2D eigenvalue weighted by Gasteiger charge is 2.29. The summed E-state index contributed by atoms with van der Waals surface area (Å²) in [6.45, 7) is 6.17. The molecule has 2 heterocycles. The Bertz CT molecular complexity index is 994. The van der Waals surface area contributed by atoms with Gasteiger partial charge in [0.25, 0.3) is 5.91 Å². The number of carbonyl (C=O) groups is 1. The van der Waals surface area contributed by atoms with E-state index < -0.39 is 0 Å². The Morgan fingerprint density at radius 3 is 2.63 bits per heavy atom. The number of aromatic nitrogens is 2. The number of hydrogen-bond donors (Lipinski definition) is 1. The first-order chi connectivity index (χ1) is 13.0. The number of benzene rings is 2. The number of hydrogen-bond acceptors (Lipinski definition) is 4. The zero-order valence-corrected chi connectivity index (χ0v) is 15.7. The molecule has 0 fully saturated rings. The Balaban J connectivity index is 1.62. The van der Waals surface area contributed by atoms with Gasteiger partial charge in [-0.15, -0.1) is 0 Å². The van der Waals surface area contributed by atoms with E-state index >= 15 is 0 Å². The Kier molecular flexibility index (Phi) is 4.36. The molecule has 0 spiro atoms. The molecule has 1 unspecified atom stereocenters. The van der Waals surface area contributed by atoms with Gasteiger partial charge in [-0.3, -0.25) is 4.79 Å². The van der Waals surface area contributed by atoms with Crippen LogP contribution in [0.15, 0.2) is 54.7 Å². The Hall–Kier alpha value is -3.21. The van der Waals surface area contributed by atoms with E-state index in [0.717, 1.165) is 28.9 Å². The minimum Gasteiger partial charge on any atom is -0.321 e. The van der Waals surface area contributed by atoms with Crippen molar-refractivity contribution in [2.75, 3.05) is 10.2 Å². The third-order valence-corrected chi connectivity index (χ3v) is 4.78. The molecular formula is C22H22N4O. The average Bonchev–Trinajstić information content (AvgIpc) is 2.96. The number of carbonyl (C=O) groups excluding carboxylic acids is 1. The van der Waals surface area contributed by atoms with Gasteiger partial charge in [-0.05, 0) is 68.1 Å². The molecule has 1 atom stereocenters. The fourth-order valence-corrected chi connectivity index (χ4v) is 3.70. The number of para-hydroxylation sites is 1. The van der Waals surface area contributed by atoms with Crippen LogP contribution in [0.5, 0.6) is 0 Å². The lowest BCUT2D eigenvalue weighted by atomic mass is 10.1. The van der Waals surface area contributed by atoms with E-state index in [9.17, 15) is 4.79 Å². The van der Waals surface area contributed by atoms with Crippen molar-refractivity contribution in [2.24, 2.45) is 0 Å². The van der Waals surface area contributed by atoms with Crippen LogP contribution in [-0.4, -0.2) is 21.9 Å². The SMILES string of the molecule is Cc1cc(C)cc(NC(=O)c2ccnc(N3c4ccccc4CC3C)n2)c1. The van der Waals surface area contributed by atoms with Gasteiger partial charge in [0.1, 0.15) is 5.69 Å². The van der Waals surface area contributed by atoms with Gasteiger partial charge in [0.15, 0.2) is 0 Å². The number of anilines is 3. The van der Waals surface area contributed by atoms with Gasteiger partial charge in [0.05, 0.1) is 0 Å². The Morgan fingerprint density at radius 2 is 1.85 bits per heavy atom. The van der Waals surface area contributed by atoms with Crippen LogP contribution in [0, 0.1) is 13.8 Å². The fourth-order valence-electron chi connectivity index (χ4n) is 3.70. The molecule has 5 heteroatoms. The number of amides is 1. The van der Waals surface area contributed by atoms with Gasteiger partial charge in [-0.2, -0.15) is 0 Å². The molecule has 0 aliphatic carbocycles. The van der Waals surface area contributed by atoms with Crippen molar-refractivity contribution in [3.05, 3.63) is 77.1 Å². The second kappa shape index (κ2) is 6.83. The van der Waals surface area contributed by atoms with Crippen LogP contribution >= 0.6 is 0 Å². The highest BCUT2D eigenvalue weighted by molar-refractivity contribution is 6.03. The summed E-state index contributed by atoms with van der Waals surface area (Å²) in [4.78, 5) is 23.8. The Morgan fingerprint density at radius 1 is 1.11 bits per heavy atom. The normalized spacial score (nSPS) is 15.5. The number of aryl methyl sites for hydroxylation is 2. The molecule has 1 aromatic heterocycles. The zero-order chi connectivity index (χ0) is 19.0. The highest BCUT2D eigenvalue weighted by atomic mass is 16.1. The summed E-state index contributed by atoms with van der Waals surface area (Å²) in [5.41, 5.74) is 5.73. The summed E-state index contributed by atoms with van der Waals surface area (Å²) in [5.74, 6) is 0.323. The van der Waals surface area contributed by atoms with Crippen molar-refractivity contribution in [3.8, 4) is 0 Å². The van der Waals surface area contributed by atoms with E-state index in [2.05, 4.69) is 45.3 Å². The molecule has 0 radical (unpaired) electrons. The second-order valence-electron chi connectivity index (χ2n) is 7.12. The molecule has 1 amide bonds. The van der Waals surface area contributed by atoms with Crippen LogP contribution in [0.1, 0.15) is 34.1 Å². The van der Waals surface area contributed by atoms with Crippen molar-refractivity contribution in [1.82, 2.24) is 9.97 Å². The van der Waals surface area contributed by atoms with Gasteiger partial charge < -0.3 is 10.2 Å². The molecule has 2 aromatic carbocycles. The summed E-state index contributed by atoms with van der Waals surface area (Å²) in [7, 11) is 0. The van der Waals surface area contributed by atoms with Crippen LogP contribution in [0.3, 0.4) is 0 Å². The molecule has 4 rings (SSSR count). The van der Waals surface area contributed by atoms with Gasteiger partial charge in [0, 0.05) is 23.6 Å². The zero-order valence-electron chi connectivity index (χ0n) is 15.7. The molecule has 0 saturated heterocycles. The van der Waals surface area contributed by atoms with Crippen molar-refractivity contribution in [3.63, 3.8) is 0 Å². The van der Waals surface area contributed by atoms with Gasteiger partial charge in [-0.1, -0.05) is 24.3 Å². The predicted molar refractivity (Wildman–Crippen MR) is 108 cm³/mol. The number of nitrogens with zero attached hydrogens (tertiary/aromatic N) is 3. The largest absolute Gasteiger partial charge is 0.321 e. The molecular weight excluding hydrogens is 336 g/mol. The van der Waals surface area contributed by atoms with Crippen LogP contribution in [-0.2, 0) is 6.42 Å². The average molecular weight is 358 g/mol. The first-order valence-electron chi connectivity index (χ1n) is 9.11. The van der Waals surface area contributed by atoms with Crippen LogP contribution < -0.4 is 10.2 Å². The third kappa shape index (κ3) is 3.40. The predicted octanol–water partition coefficient (Wildman–Crippen LogP) is 4.43. The van der Waals surface area contributed by atoms with Crippen molar-refractivity contribution in [2.45, 2.75) is 33.2 Å². The molecule has 3 aromatic rings. The number of nitrogens with one attached hydrogen (secondary N) is 1. The maximum Gasteiger partial charge on any atom is 0.274 e. The minimum absolute atomic E-state index is 0.233. The number of fused-ring (bicyclic) bond motifs is 1. The summed E-state index contributed by atoms with van der Waals surface area (Å²) < 4.78 is 0. The highest BCUT2D eigenvalue weighted by Crippen LogP contribution is 2.36. The quantitative estimate of drug-likeness (QED) is 0.752. The topological polar surface area (TPSA) is 58.1 Å². The van der Waals surface area contributed by atoms with Crippen molar-refractivity contribution in [1.29, 1.82) is 0 Å². The molecule has 136 valence electrons. The second-order valence-corrected chi connectivity index (χ2v) is 7.12. The lowest BCUT2D eigenvalue weighted by Gasteiger charge is -2.22. The molecule has 27 heavy (non-hydrogen) atoms. The van der Waals surface area contributed by atoms with Gasteiger partial charge >= 0.3 is 0 Å². The maximum atomic E-state index is 12.7. The monoisotopic (exact) mass is 358 g/mol. The minimum atomic E-state index is -0.233. The van der Waals surface area contributed by atoms with E-state index in [-0.39, 0.29) is 11.9 Å². The molecule has 1 aliphatic rings. The van der Waals surface area contributed by atoms with Crippen molar-refractivity contribution < 1.29 is 4.79 Å². The standard InChI is InChI=1S/C22H22N4O/c1-14-10-15(2)12-18(11-14)24-21(27)19-8-9-23-22(25-19)26-16(3)13-17-6-4-5-7-20(17)26/h4-12,16H,13H2,1-3H3,(H,24,27).